The molecule has 4 nitrogen and oxygen atoms in total. The standard InChI is InChI=1S/C14H18F3N3OS/c1-20(7-11-19-10(8-22-11)14(15,16)17)12(21)9-6-13(9)2-4-18-5-3-13/h8-9,18H,2-7H2,1H3. The number of piperidine rings is 1. The Labute approximate surface area is 130 Å². The Kier molecular flexibility index (Phi) is 3.92. The fourth-order valence-corrected chi connectivity index (χ4v) is 4.09. The molecule has 0 radical (unpaired) electrons. The predicted molar refractivity (Wildman–Crippen MR) is 76.2 cm³/mol. The van der Waals surface area contributed by atoms with Gasteiger partial charge in [0.2, 0.25) is 5.91 Å². The predicted octanol–water partition coefficient (Wildman–Crippen LogP) is 2.51. The SMILES string of the molecule is CN(Cc1nc(C(F)(F)F)cs1)C(=O)C1CC12CCNCC2. The zero-order chi connectivity index (χ0) is 16.0. The van der Waals surface area contributed by atoms with Gasteiger partial charge in [-0.25, -0.2) is 4.98 Å². The average Bonchev–Trinajstić information content (AvgIpc) is 2.93. The van der Waals surface area contributed by atoms with Crippen LogP contribution in [-0.4, -0.2) is 35.9 Å². The minimum atomic E-state index is -4.42. The summed E-state index contributed by atoms with van der Waals surface area (Å²) >= 11 is 0.946. The number of aromatic nitrogens is 1. The van der Waals surface area contributed by atoms with Gasteiger partial charge in [-0.15, -0.1) is 11.3 Å². The topological polar surface area (TPSA) is 45.2 Å². The Morgan fingerprint density at radius 1 is 1.50 bits per heavy atom. The number of nitrogens with one attached hydrogen (secondary N) is 1. The molecule has 2 heterocycles. The van der Waals surface area contributed by atoms with Crippen LogP contribution in [-0.2, 0) is 17.5 Å². The normalized spacial score (nSPS) is 23.5. The molecule has 1 N–H and O–H groups in total. The van der Waals surface area contributed by atoms with E-state index in [0.717, 1.165) is 49.1 Å². The van der Waals surface area contributed by atoms with Crippen LogP contribution < -0.4 is 5.32 Å². The van der Waals surface area contributed by atoms with E-state index in [1.165, 1.54) is 4.90 Å². The molecule has 3 rings (SSSR count). The zero-order valence-corrected chi connectivity index (χ0v) is 13.1. The zero-order valence-electron chi connectivity index (χ0n) is 12.2. The van der Waals surface area contributed by atoms with E-state index in [9.17, 15) is 18.0 Å². The second-order valence-electron chi connectivity index (χ2n) is 6.19. The summed E-state index contributed by atoms with van der Waals surface area (Å²) < 4.78 is 37.6. The number of carbonyl (C=O) groups is 1. The third-order valence-corrected chi connectivity index (χ3v) is 5.51. The van der Waals surface area contributed by atoms with Crippen molar-refractivity contribution in [1.29, 1.82) is 0 Å². The number of hydrogen-bond donors (Lipinski definition) is 1. The van der Waals surface area contributed by atoms with Crippen LogP contribution in [0.15, 0.2) is 5.38 Å². The van der Waals surface area contributed by atoms with Crippen molar-refractivity contribution in [3.63, 3.8) is 0 Å². The van der Waals surface area contributed by atoms with Crippen molar-refractivity contribution in [3.8, 4) is 0 Å². The lowest BCUT2D eigenvalue weighted by atomic mass is 9.91. The molecule has 122 valence electrons. The number of rotatable bonds is 3. The largest absolute Gasteiger partial charge is 0.434 e. The number of amides is 1. The van der Waals surface area contributed by atoms with Gasteiger partial charge in [0, 0.05) is 18.3 Å². The minimum Gasteiger partial charge on any atom is -0.339 e. The van der Waals surface area contributed by atoms with Gasteiger partial charge in [-0.1, -0.05) is 0 Å². The Bertz CT molecular complexity index is 566. The summed E-state index contributed by atoms with van der Waals surface area (Å²) in [4.78, 5) is 17.5. The van der Waals surface area contributed by atoms with E-state index < -0.39 is 11.9 Å². The molecule has 1 spiro atoms. The van der Waals surface area contributed by atoms with E-state index in [-0.39, 0.29) is 23.8 Å². The molecule has 0 aromatic carbocycles. The highest BCUT2D eigenvalue weighted by atomic mass is 32.1. The number of halogens is 3. The molecule has 2 fully saturated rings. The summed E-state index contributed by atoms with van der Waals surface area (Å²) in [6.07, 6.45) is -1.50. The van der Waals surface area contributed by atoms with E-state index in [2.05, 4.69) is 10.3 Å². The first-order chi connectivity index (χ1) is 10.3. The van der Waals surface area contributed by atoms with Gasteiger partial charge < -0.3 is 10.2 Å². The van der Waals surface area contributed by atoms with Crippen LogP contribution in [0.4, 0.5) is 13.2 Å². The Balaban J connectivity index is 1.59. The highest BCUT2D eigenvalue weighted by Crippen LogP contribution is 2.59. The first-order valence-corrected chi connectivity index (χ1v) is 8.17. The lowest BCUT2D eigenvalue weighted by Gasteiger charge is -2.24. The van der Waals surface area contributed by atoms with Crippen LogP contribution in [0, 0.1) is 11.3 Å². The maximum Gasteiger partial charge on any atom is 0.434 e. The highest BCUT2D eigenvalue weighted by Gasteiger charge is 2.58. The Morgan fingerprint density at radius 3 is 2.77 bits per heavy atom. The monoisotopic (exact) mass is 333 g/mol. The first-order valence-electron chi connectivity index (χ1n) is 7.29. The molecule has 1 saturated heterocycles. The van der Waals surface area contributed by atoms with E-state index in [0.29, 0.717) is 5.01 Å². The molecule has 1 amide bonds. The molecule has 2 aliphatic rings. The van der Waals surface area contributed by atoms with Gasteiger partial charge in [0.15, 0.2) is 5.69 Å². The van der Waals surface area contributed by atoms with Crippen molar-refractivity contribution in [2.75, 3.05) is 20.1 Å². The molecule has 1 aromatic rings. The maximum atomic E-state index is 12.5. The third kappa shape index (κ3) is 2.99. The van der Waals surface area contributed by atoms with Gasteiger partial charge in [-0.2, -0.15) is 13.2 Å². The lowest BCUT2D eigenvalue weighted by Crippen LogP contribution is -2.34. The molecule has 1 unspecified atom stereocenters. The van der Waals surface area contributed by atoms with Crippen LogP contribution in [0.3, 0.4) is 0 Å². The average molecular weight is 333 g/mol. The second-order valence-corrected chi connectivity index (χ2v) is 7.13. The molecule has 1 saturated carbocycles. The van der Waals surface area contributed by atoms with Crippen molar-refractivity contribution in [2.45, 2.75) is 32.0 Å². The number of nitrogens with zero attached hydrogens (tertiary/aromatic N) is 2. The molecule has 0 bridgehead atoms. The van der Waals surface area contributed by atoms with Crippen molar-refractivity contribution in [2.24, 2.45) is 11.3 Å². The van der Waals surface area contributed by atoms with Crippen molar-refractivity contribution < 1.29 is 18.0 Å². The smallest absolute Gasteiger partial charge is 0.339 e. The molecule has 22 heavy (non-hydrogen) atoms. The fourth-order valence-electron chi connectivity index (χ4n) is 3.23. The summed E-state index contributed by atoms with van der Waals surface area (Å²) in [5.74, 6) is 0.0623. The fraction of sp³-hybridized carbons (Fsp3) is 0.714. The van der Waals surface area contributed by atoms with Crippen molar-refractivity contribution in [1.82, 2.24) is 15.2 Å². The maximum absolute atomic E-state index is 12.5. The van der Waals surface area contributed by atoms with Gasteiger partial charge in [-0.05, 0) is 37.8 Å². The summed E-state index contributed by atoms with van der Waals surface area (Å²) in [7, 11) is 1.64. The molecule has 1 aliphatic carbocycles. The van der Waals surface area contributed by atoms with Crippen LogP contribution >= 0.6 is 11.3 Å². The summed E-state index contributed by atoms with van der Waals surface area (Å²) in [5.41, 5.74) is -0.744. The van der Waals surface area contributed by atoms with Crippen LogP contribution in [0.25, 0.3) is 0 Å². The molecule has 8 heteroatoms. The number of hydrogen-bond acceptors (Lipinski definition) is 4. The molecular weight excluding hydrogens is 315 g/mol. The number of thiazole rings is 1. The summed E-state index contributed by atoms with van der Waals surface area (Å²) in [6.45, 7) is 2.02. The van der Waals surface area contributed by atoms with Gasteiger partial charge in [-0.3, -0.25) is 4.79 Å². The Morgan fingerprint density at radius 2 is 2.18 bits per heavy atom. The molecule has 1 aromatic heterocycles. The lowest BCUT2D eigenvalue weighted by molar-refractivity contribution is -0.140. The van der Waals surface area contributed by atoms with Gasteiger partial charge in [0.05, 0.1) is 6.54 Å². The quantitative estimate of drug-likeness (QED) is 0.924. The summed E-state index contributed by atoms with van der Waals surface area (Å²) in [6, 6.07) is 0. The van der Waals surface area contributed by atoms with Crippen LogP contribution in [0.1, 0.15) is 30.0 Å². The van der Waals surface area contributed by atoms with E-state index in [1.807, 2.05) is 0 Å². The third-order valence-electron chi connectivity index (χ3n) is 4.68. The first kappa shape index (κ1) is 15.7. The summed E-state index contributed by atoms with van der Waals surface area (Å²) in [5, 5.41) is 4.61. The van der Waals surface area contributed by atoms with Crippen molar-refractivity contribution >= 4 is 17.2 Å². The second kappa shape index (κ2) is 5.49. The Hall–Kier alpha value is -1.15. The molecular formula is C14H18F3N3OS. The van der Waals surface area contributed by atoms with Crippen LogP contribution in [0.5, 0.6) is 0 Å². The van der Waals surface area contributed by atoms with E-state index in [4.69, 9.17) is 0 Å². The van der Waals surface area contributed by atoms with Crippen molar-refractivity contribution in [3.05, 3.63) is 16.1 Å². The number of carbonyl (C=O) groups excluding carboxylic acids is 1. The highest BCUT2D eigenvalue weighted by molar-refractivity contribution is 7.09. The van der Waals surface area contributed by atoms with E-state index >= 15 is 0 Å². The minimum absolute atomic E-state index is 0.0293. The molecule has 1 aliphatic heterocycles. The van der Waals surface area contributed by atoms with Crippen LogP contribution in [0.2, 0.25) is 0 Å². The van der Waals surface area contributed by atoms with Gasteiger partial charge in [0.25, 0.3) is 0 Å². The van der Waals surface area contributed by atoms with E-state index in [1.54, 1.807) is 7.05 Å². The molecule has 1 atom stereocenters. The van der Waals surface area contributed by atoms with Gasteiger partial charge >= 0.3 is 6.18 Å². The van der Waals surface area contributed by atoms with Gasteiger partial charge in [0.1, 0.15) is 5.01 Å². The number of alkyl halides is 3.